The van der Waals surface area contributed by atoms with Gasteiger partial charge in [-0.25, -0.2) is 0 Å². The van der Waals surface area contributed by atoms with Gasteiger partial charge in [-0.05, 0) is 48.4 Å². The van der Waals surface area contributed by atoms with E-state index in [1.54, 1.807) is 31.4 Å². The summed E-state index contributed by atoms with van der Waals surface area (Å²) in [6.07, 6.45) is 0. The second-order valence-corrected chi connectivity index (χ2v) is 11.1. The molecule has 192 valence electrons. The number of aryl methyl sites for hydroxylation is 1. The van der Waals surface area contributed by atoms with E-state index in [0.29, 0.717) is 32.0 Å². The third-order valence-corrected chi connectivity index (χ3v) is 8.59. The smallest absolute Gasteiger partial charge is 0.301 e. The van der Waals surface area contributed by atoms with Crippen LogP contribution in [0.25, 0.3) is 5.76 Å². The zero-order valence-electron chi connectivity index (χ0n) is 20.4. The molecule has 1 N–H and O–H groups in total. The van der Waals surface area contributed by atoms with Crippen molar-refractivity contribution in [3.8, 4) is 5.75 Å². The monoisotopic (exact) mass is 563 g/mol. The number of carbonyl (C=O) groups is 2. The van der Waals surface area contributed by atoms with Crippen molar-refractivity contribution in [1.29, 1.82) is 0 Å². The van der Waals surface area contributed by atoms with Crippen LogP contribution in [0.3, 0.4) is 0 Å². The van der Waals surface area contributed by atoms with E-state index in [1.807, 2.05) is 55.5 Å². The SMILES string of the molecule is COc1ccc(/C(O)=C2/C(=O)C(=O)N(c3nnc(SCc4ccccc4Cl)s3)C2c2ccc(C)cc2)cc1. The van der Waals surface area contributed by atoms with Gasteiger partial charge in [-0.2, -0.15) is 0 Å². The van der Waals surface area contributed by atoms with Crippen molar-refractivity contribution in [2.45, 2.75) is 23.1 Å². The third-order valence-electron chi connectivity index (χ3n) is 6.11. The molecule has 1 amide bonds. The maximum Gasteiger partial charge on any atom is 0.301 e. The highest BCUT2D eigenvalue weighted by molar-refractivity contribution is 8.00. The lowest BCUT2D eigenvalue weighted by Gasteiger charge is -2.22. The van der Waals surface area contributed by atoms with Crippen molar-refractivity contribution >= 4 is 57.3 Å². The molecule has 0 bridgehead atoms. The molecule has 0 radical (unpaired) electrons. The number of aliphatic hydroxyl groups excluding tert-OH is 1. The average molecular weight is 564 g/mol. The second-order valence-electron chi connectivity index (χ2n) is 8.54. The number of benzene rings is 3. The van der Waals surface area contributed by atoms with E-state index in [4.69, 9.17) is 16.3 Å². The maximum atomic E-state index is 13.4. The summed E-state index contributed by atoms with van der Waals surface area (Å²) in [4.78, 5) is 28.0. The van der Waals surface area contributed by atoms with Crippen LogP contribution in [0, 0.1) is 6.92 Å². The Morgan fingerprint density at radius 1 is 1.05 bits per heavy atom. The Morgan fingerprint density at radius 3 is 2.45 bits per heavy atom. The minimum atomic E-state index is -0.868. The number of carbonyl (C=O) groups excluding carboxylic acids is 2. The molecule has 3 aromatic carbocycles. The van der Waals surface area contributed by atoms with E-state index in [2.05, 4.69) is 10.2 Å². The minimum Gasteiger partial charge on any atom is -0.507 e. The first-order valence-electron chi connectivity index (χ1n) is 11.6. The highest BCUT2D eigenvalue weighted by Gasteiger charge is 2.48. The Balaban J connectivity index is 1.53. The Labute approximate surface area is 232 Å². The number of amides is 1. The van der Waals surface area contributed by atoms with Gasteiger partial charge in [0.1, 0.15) is 11.5 Å². The van der Waals surface area contributed by atoms with E-state index >= 15 is 0 Å². The Kier molecular flexibility index (Phi) is 7.51. The molecular weight excluding hydrogens is 542 g/mol. The summed E-state index contributed by atoms with van der Waals surface area (Å²) < 4.78 is 5.82. The van der Waals surface area contributed by atoms with Crippen LogP contribution in [0.1, 0.15) is 28.3 Å². The molecule has 1 aliphatic rings. The van der Waals surface area contributed by atoms with Gasteiger partial charge < -0.3 is 9.84 Å². The van der Waals surface area contributed by atoms with Gasteiger partial charge >= 0.3 is 5.91 Å². The van der Waals surface area contributed by atoms with Crippen LogP contribution >= 0.6 is 34.7 Å². The van der Waals surface area contributed by atoms with E-state index in [1.165, 1.54) is 28.0 Å². The lowest BCUT2D eigenvalue weighted by atomic mass is 9.95. The minimum absolute atomic E-state index is 0.00973. The summed E-state index contributed by atoms with van der Waals surface area (Å²) >= 11 is 8.92. The fourth-order valence-corrected chi connectivity index (χ4v) is 6.26. The molecule has 5 rings (SSSR count). The molecule has 1 aliphatic heterocycles. The third kappa shape index (κ3) is 5.05. The van der Waals surface area contributed by atoms with E-state index in [-0.39, 0.29) is 16.5 Å². The first kappa shape index (κ1) is 26.0. The fraction of sp³-hybridized carbons (Fsp3) is 0.143. The molecule has 4 aromatic rings. The summed E-state index contributed by atoms with van der Waals surface area (Å²) in [6.45, 7) is 1.95. The van der Waals surface area contributed by atoms with E-state index in [0.717, 1.165) is 11.1 Å². The number of hydrogen-bond donors (Lipinski definition) is 1. The van der Waals surface area contributed by atoms with Crippen molar-refractivity contribution in [3.05, 3.63) is 106 Å². The van der Waals surface area contributed by atoms with Gasteiger partial charge in [-0.1, -0.05) is 82.7 Å². The Bertz CT molecular complexity index is 1530. The topological polar surface area (TPSA) is 92.6 Å². The number of anilines is 1. The van der Waals surface area contributed by atoms with Gasteiger partial charge in [0.25, 0.3) is 5.78 Å². The molecule has 0 spiro atoms. The molecular formula is C28H22ClN3O4S2. The molecule has 1 atom stereocenters. The number of aliphatic hydroxyl groups is 1. The van der Waals surface area contributed by atoms with E-state index < -0.39 is 17.7 Å². The molecule has 1 fully saturated rings. The molecule has 1 unspecified atom stereocenters. The average Bonchev–Trinajstić information content (AvgIpc) is 3.50. The lowest BCUT2D eigenvalue weighted by molar-refractivity contribution is -0.132. The molecule has 1 saturated heterocycles. The predicted molar refractivity (Wildman–Crippen MR) is 150 cm³/mol. The molecule has 2 heterocycles. The van der Waals surface area contributed by atoms with Crippen LogP contribution in [0.5, 0.6) is 5.75 Å². The number of rotatable bonds is 7. The number of ether oxygens (including phenoxy) is 1. The first-order chi connectivity index (χ1) is 18.4. The summed E-state index contributed by atoms with van der Waals surface area (Å²) in [7, 11) is 1.54. The number of hydrogen-bond acceptors (Lipinski definition) is 8. The standard InChI is InChI=1S/C28H22ClN3O4S2/c1-16-7-9-17(10-8-16)23-22(24(33)18-11-13-20(36-2)14-12-18)25(34)26(35)32(23)27-30-31-28(38-27)37-15-19-5-3-4-6-21(19)29/h3-14,23,33H,15H2,1-2H3/b24-22-. The number of halogens is 1. The normalized spacial score (nSPS) is 16.7. The summed E-state index contributed by atoms with van der Waals surface area (Å²) in [6, 6.07) is 20.8. The van der Waals surface area contributed by atoms with Crippen LogP contribution < -0.4 is 9.64 Å². The zero-order valence-corrected chi connectivity index (χ0v) is 22.8. The maximum absolute atomic E-state index is 13.4. The van der Waals surface area contributed by atoms with Crippen molar-refractivity contribution < 1.29 is 19.4 Å². The summed E-state index contributed by atoms with van der Waals surface area (Å²) in [5.41, 5.74) is 3.04. The van der Waals surface area contributed by atoms with Gasteiger partial charge in [0.2, 0.25) is 5.13 Å². The Hall–Kier alpha value is -3.66. The number of methoxy groups -OCH3 is 1. The molecule has 1 aromatic heterocycles. The predicted octanol–water partition coefficient (Wildman–Crippen LogP) is 6.43. The van der Waals surface area contributed by atoms with Gasteiger partial charge in [0.15, 0.2) is 4.34 Å². The fourth-order valence-electron chi connectivity index (χ4n) is 4.11. The van der Waals surface area contributed by atoms with Crippen LogP contribution in [-0.4, -0.2) is 34.1 Å². The zero-order chi connectivity index (χ0) is 26.8. The summed E-state index contributed by atoms with van der Waals surface area (Å²) in [5, 5.41) is 20.7. The number of Topliss-reactive ketones (excluding diaryl/α,β-unsaturated/α-hetero) is 1. The number of nitrogens with zero attached hydrogens (tertiary/aromatic N) is 3. The second kappa shape index (κ2) is 11.0. The number of aromatic nitrogens is 2. The molecule has 0 aliphatic carbocycles. The van der Waals surface area contributed by atoms with Crippen molar-refractivity contribution in [2.75, 3.05) is 12.0 Å². The van der Waals surface area contributed by atoms with Crippen molar-refractivity contribution in [2.24, 2.45) is 0 Å². The molecule has 38 heavy (non-hydrogen) atoms. The van der Waals surface area contributed by atoms with Crippen molar-refractivity contribution in [3.63, 3.8) is 0 Å². The molecule has 7 nitrogen and oxygen atoms in total. The highest BCUT2D eigenvalue weighted by atomic mass is 35.5. The van der Waals surface area contributed by atoms with Crippen LogP contribution in [0.2, 0.25) is 5.02 Å². The van der Waals surface area contributed by atoms with Gasteiger partial charge in [-0.3, -0.25) is 14.5 Å². The quantitative estimate of drug-likeness (QED) is 0.0910. The molecule has 0 saturated carbocycles. The van der Waals surface area contributed by atoms with E-state index in [9.17, 15) is 14.7 Å². The van der Waals surface area contributed by atoms with Gasteiger partial charge in [-0.15, -0.1) is 10.2 Å². The van der Waals surface area contributed by atoms with Gasteiger partial charge in [0, 0.05) is 16.3 Å². The van der Waals surface area contributed by atoms with Crippen molar-refractivity contribution in [1.82, 2.24) is 10.2 Å². The largest absolute Gasteiger partial charge is 0.507 e. The highest BCUT2D eigenvalue weighted by Crippen LogP contribution is 2.44. The van der Waals surface area contributed by atoms with Crippen LogP contribution in [0.15, 0.2) is 82.7 Å². The van der Waals surface area contributed by atoms with Gasteiger partial charge in [0.05, 0.1) is 18.7 Å². The van der Waals surface area contributed by atoms with Crippen LogP contribution in [-0.2, 0) is 15.3 Å². The summed E-state index contributed by atoms with van der Waals surface area (Å²) in [5.74, 6) is -0.648. The number of ketones is 1. The first-order valence-corrected chi connectivity index (χ1v) is 13.8. The lowest BCUT2D eigenvalue weighted by Crippen LogP contribution is -2.29. The Morgan fingerprint density at radius 2 is 1.76 bits per heavy atom. The molecule has 10 heteroatoms. The number of thioether (sulfide) groups is 1. The van der Waals surface area contributed by atoms with Crippen LogP contribution in [0.4, 0.5) is 5.13 Å².